The highest BCUT2D eigenvalue weighted by molar-refractivity contribution is 9.10. The third kappa shape index (κ3) is 3.68. The highest BCUT2D eigenvalue weighted by Crippen LogP contribution is 2.34. The van der Waals surface area contributed by atoms with E-state index in [2.05, 4.69) is 40.3 Å². The van der Waals surface area contributed by atoms with Gasteiger partial charge >= 0.3 is 0 Å². The van der Waals surface area contributed by atoms with Gasteiger partial charge in [0.05, 0.1) is 5.69 Å². The molecule has 5 heteroatoms. The molecular formula is C18H15BrN2OS. The number of benzene rings is 2. The SMILES string of the molecule is CC(=O)Nc1ccc(-c2nc(-c3ccc(Br)cc3)sc2C)cc1. The maximum atomic E-state index is 11.1. The fourth-order valence-corrected chi connectivity index (χ4v) is 3.50. The van der Waals surface area contributed by atoms with E-state index in [1.54, 1.807) is 11.3 Å². The maximum absolute atomic E-state index is 11.1. The number of carbonyl (C=O) groups excluding carboxylic acids is 1. The summed E-state index contributed by atoms with van der Waals surface area (Å²) in [6.45, 7) is 3.58. The van der Waals surface area contributed by atoms with E-state index < -0.39 is 0 Å². The predicted molar refractivity (Wildman–Crippen MR) is 99.7 cm³/mol. The molecule has 0 aliphatic heterocycles. The number of carbonyl (C=O) groups is 1. The number of anilines is 1. The summed E-state index contributed by atoms with van der Waals surface area (Å²) in [5, 5.41) is 3.78. The van der Waals surface area contributed by atoms with Crippen LogP contribution >= 0.6 is 27.3 Å². The van der Waals surface area contributed by atoms with Crippen LogP contribution < -0.4 is 5.32 Å². The van der Waals surface area contributed by atoms with Crippen molar-refractivity contribution in [3.8, 4) is 21.8 Å². The Morgan fingerprint density at radius 3 is 2.26 bits per heavy atom. The highest BCUT2D eigenvalue weighted by atomic mass is 79.9. The summed E-state index contributed by atoms with van der Waals surface area (Å²) in [7, 11) is 0. The molecule has 1 N–H and O–H groups in total. The van der Waals surface area contributed by atoms with Gasteiger partial charge in [-0.25, -0.2) is 4.98 Å². The molecular weight excluding hydrogens is 372 g/mol. The Balaban J connectivity index is 1.91. The number of halogens is 1. The summed E-state index contributed by atoms with van der Waals surface area (Å²) in [4.78, 5) is 17.0. The van der Waals surface area contributed by atoms with Crippen LogP contribution in [0.4, 0.5) is 5.69 Å². The molecule has 116 valence electrons. The van der Waals surface area contributed by atoms with Gasteiger partial charge in [-0.1, -0.05) is 40.2 Å². The zero-order valence-corrected chi connectivity index (χ0v) is 15.2. The van der Waals surface area contributed by atoms with Crippen LogP contribution in [0.25, 0.3) is 21.8 Å². The lowest BCUT2D eigenvalue weighted by Gasteiger charge is -2.03. The van der Waals surface area contributed by atoms with E-state index in [1.165, 1.54) is 11.8 Å². The Bertz CT molecular complexity index is 838. The molecule has 0 spiro atoms. The molecule has 0 bridgehead atoms. The number of aryl methyl sites for hydroxylation is 1. The lowest BCUT2D eigenvalue weighted by Crippen LogP contribution is -2.05. The van der Waals surface area contributed by atoms with Gasteiger partial charge in [-0.2, -0.15) is 0 Å². The predicted octanol–water partition coefficient (Wildman–Crippen LogP) is 5.51. The molecule has 0 radical (unpaired) electrons. The standard InChI is InChI=1S/C18H15BrN2OS/c1-11-17(13-5-9-16(10-6-13)20-12(2)22)21-18(23-11)14-3-7-15(19)8-4-14/h3-10H,1-2H3,(H,20,22). The Kier molecular flexibility index (Phi) is 4.59. The number of hydrogen-bond acceptors (Lipinski definition) is 3. The summed E-state index contributed by atoms with van der Waals surface area (Å²) < 4.78 is 1.06. The minimum Gasteiger partial charge on any atom is -0.326 e. The van der Waals surface area contributed by atoms with Gasteiger partial charge in [-0.05, 0) is 31.2 Å². The number of rotatable bonds is 3. The fourth-order valence-electron chi connectivity index (χ4n) is 2.29. The summed E-state index contributed by atoms with van der Waals surface area (Å²) in [5.74, 6) is -0.0693. The van der Waals surface area contributed by atoms with Gasteiger partial charge in [-0.15, -0.1) is 11.3 Å². The van der Waals surface area contributed by atoms with Crippen molar-refractivity contribution in [3.05, 3.63) is 57.9 Å². The van der Waals surface area contributed by atoms with Crippen molar-refractivity contribution in [1.82, 2.24) is 4.98 Å². The van der Waals surface area contributed by atoms with Crippen molar-refractivity contribution >= 4 is 38.9 Å². The van der Waals surface area contributed by atoms with Gasteiger partial charge in [0.15, 0.2) is 0 Å². The summed E-state index contributed by atoms with van der Waals surface area (Å²) in [5.41, 5.74) is 3.95. The van der Waals surface area contributed by atoms with E-state index in [1.807, 2.05) is 36.4 Å². The van der Waals surface area contributed by atoms with Crippen molar-refractivity contribution in [3.63, 3.8) is 0 Å². The Morgan fingerprint density at radius 1 is 1.04 bits per heavy atom. The molecule has 3 rings (SSSR count). The molecule has 0 unspecified atom stereocenters. The number of amides is 1. The first-order chi connectivity index (χ1) is 11.0. The number of thiazole rings is 1. The van der Waals surface area contributed by atoms with Crippen molar-refractivity contribution in [2.75, 3.05) is 5.32 Å². The molecule has 3 nitrogen and oxygen atoms in total. The molecule has 0 saturated heterocycles. The van der Waals surface area contributed by atoms with Crippen LogP contribution in [-0.2, 0) is 4.79 Å². The van der Waals surface area contributed by atoms with Crippen LogP contribution in [0, 0.1) is 6.92 Å². The van der Waals surface area contributed by atoms with Crippen LogP contribution in [0.15, 0.2) is 53.0 Å². The van der Waals surface area contributed by atoms with E-state index in [0.717, 1.165) is 32.0 Å². The Labute approximate surface area is 147 Å². The lowest BCUT2D eigenvalue weighted by molar-refractivity contribution is -0.114. The van der Waals surface area contributed by atoms with Crippen molar-refractivity contribution in [2.45, 2.75) is 13.8 Å². The molecule has 0 saturated carbocycles. The first-order valence-electron chi connectivity index (χ1n) is 7.14. The molecule has 1 aromatic heterocycles. The van der Waals surface area contributed by atoms with Crippen molar-refractivity contribution in [1.29, 1.82) is 0 Å². The van der Waals surface area contributed by atoms with Gasteiger partial charge in [0.2, 0.25) is 5.91 Å². The zero-order valence-electron chi connectivity index (χ0n) is 12.8. The van der Waals surface area contributed by atoms with E-state index in [0.29, 0.717) is 0 Å². The molecule has 0 fully saturated rings. The molecule has 2 aromatic carbocycles. The van der Waals surface area contributed by atoms with Gasteiger partial charge in [0.1, 0.15) is 5.01 Å². The number of aromatic nitrogens is 1. The molecule has 23 heavy (non-hydrogen) atoms. The second kappa shape index (κ2) is 6.64. The van der Waals surface area contributed by atoms with Crippen molar-refractivity contribution < 1.29 is 4.79 Å². The minimum atomic E-state index is -0.0693. The minimum absolute atomic E-state index is 0.0693. The quantitative estimate of drug-likeness (QED) is 0.644. The van der Waals surface area contributed by atoms with Crippen LogP contribution in [0.1, 0.15) is 11.8 Å². The van der Waals surface area contributed by atoms with Gasteiger partial charge in [0, 0.05) is 33.1 Å². The van der Waals surface area contributed by atoms with E-state index in [-0.39, 0.29) is 5.91 Å². The largest absolute Gasteiger partial charge is 0.326 e. The van der Waals surface area contributed by atoms with E-state index >= 15 is 0 Å². The molecule has 3 aromatic rings. The topological polar surface area (TPSA) is 42.0 Å². The highest BCUT2D eigenvalue weighted by Gasteiger charge is 2.11. The van der Waals surface area contributed by atoms with Gasteiger partial charge in [-0.3, -0.25) is 4.79 Å². The normalized spacial score (nSPS) is 10.6. The Hall–Kier alpha value is -1.98. The molecule has 1 amide bonds. The van der Waals surface area contributed by atoms with Crippen molar-refractivity contribution in [2.24, 2.45) is 0 Å². The third-order valence-corrected chi connectivity index (χ3v) is 4.92. The van der Waals surface area contributed by atoms with E-state index in [4.69, 9.17) is 4.98 Å². The fraction of sp³-hybridized carbons (Fsp3) is 0.111. The third-order valence-electron chi connectivity index (χ3n) is 3.37. The monoisotopic (exact) mass is 386 g/mol. The average Bonchev–Trinajstić information content (AvgIpc) is 2.90. The zero-order chi connectivity index (χ0) is 16.4. The molecule has 0 aliphatic rings. The first-order valence-corrected chi connectivity index (χ1v) is 8.75. The second-order valence-corrected chi connectivity index (χ2v) is 7.31. The smallest absolute Gasteiger partial charge is 0.221 e. The first kappa shape index (κ1) is 15.9. The number of nitrogens with zero attached hydrogens (tertiary/aromatic N) is 1. The van der Waals surface area contributed by atoms with Crippen LogP contribution in [0.2, 0.25) is 0 Å². The summed E-state index contributed by atoms with van der Waals surface area (Å²) in [6.07, 6.45) is 0. The lowest BCUT2D eigenvalue weighted by atomic mass is 10.1. The number of hydrogen-bond donors (Lipinski definition) is 1. The maximum Gasteiger partial charge on any atom is 0.221 e. The van der Waals surface area contributed by atoms with Crippen LogP contribution in [-0.4, -0.2) is 10.9 Å². The van der Waals surface area contributed by atoms with Gasteiger partial charge in [0.25, 0.3) is 0 Å². The number of nitrogens with one attached hydrogen (secondary N) is 1. The van der Waals surface area contributed by atoms with Gasteiger partial charge < -0.3 is 5.32 Å². The molecule has 1 heterocycles. The summed E-state index contributed by atoms with van der Waals surface area (Å²) in [6, 6.07) is 15.9. The average molecular weight is 387 g/mol. The Morgan fingerprint density at radius 2 is 1.65 bits per heavy atom. The van der Waals surface area contributed by atoms with Crippen LogP contribution in [0.3, 0.4) is 0 Å². The summed E-state index contributed by atoms with van der Waals surface area (Å²) >= 11 is 5.14. The van der Waals surface area contributed by atoms with Crippen LogP contribution in [0.5, 0.6) is 0 Å². The molecule has 0 atom stereocenters. The second-order valence-electron chi connectivity index (χ2n) is 5.19. The van der Waals surface area contributed by atoms with E-state index in [9.17, 15) is 4.79 Å². The molecule has 0 aliphatic carbocycles.